The third-order valence-corrected chi connectivity index (χ3v) is 4.23. The van der Waals surface area contributed by atoms with Crippen LogP contribution in [0.15, 0.2) is 57.9 Å². The molecule has 0 bridgehead atoms. The van der Waals surface area contributed by atoms with E-state index in [1.54, 1.807) is 0 Å². The van der Waals surface area contributed by atoms with Crippen molar-refractivity contribution in [1.82, 2.24) is 5.32 Å². The van der Waals surface area contributed by atoms with Crippen molar-refractivity contribution < 1.29 is 4.79 Å². The lowest BCUT2D eigenvalue weighted by atomic mass is 10.2. The fourth-order valence-electron chi connectivity index (χ4n) is 1.62. The van der Waals surface area contributed by atoms with Gasteiger partial charge in [0.1, 0.15) is 0 Å². The van der Waals surface area contributed by atoms with Gasteiger partial charge in [0, 0.05) is 21.6 Å². The van der Waals surface area contributed by atoms with E-state index >= 15 is 0 Å². The van der Waals surface area contributed by atoms with E-state index < -0.39 is 0 Å². The van der Waals surface area contributed by atoms with E-state index in [9.17, 15) is 4.79 Å². The van der Waals surface area contributed by atoms with Crippen molar-refractivity contribution in [3.63, 3.8) is 0 Å². The Balaban J connectivity index is 1.82. The molecule has 0 fully saturated rings. The Bertz CT molecular complexity index is 590. The highest BCUT2D eigenvalue weighted by Gasteiger charge is 2.06. The Morgan fingerprint density at radius 1 is 1.20 bits per heavy atom. The van der Waals surface area contributed by atoms with Crippen LogP contribution in [0.5, 0.6) is 0 Å². The van der Waals surface area contributed by atoms with Gasteiger partial charge >= 0.3 is 0 Å². The number of nitrogen functional groups attached to an aromatic ring is 1. The predicted octanol–water partition coefficient (Wildman–Crippen LogP) is 3.44. The van der Waals surface area contributed by atoms with Gasteiger partial charge in [0.2, 0.25) is 5.91 Å². The number of thioether (sulfide) groups is 1. The number of halogens is 1. The Hall–Kier alpha value is -1.46. The molecule has 2 rings (SSSR count). The molecule has 3 N–H and O–H groups in total. The Morgan fingerprint density at radius 2 is 1.95 bits per heavy atom. The van der Waals surface area contributed by atoms with Gasteiger partial charge in [0.05, 0.1) is 5.75 Å². The van der Waals surface area contributed by atoms with Crippen molar-refractivity contribution in [2.24, 2.45) is 0 Å². The second kappa shape index (κ2) is 7.36. The molecule has 2 aromatic carbocycles. The summed E-state index contributed by atoms with van der Waals surface area (Å²) in [5.74, 6) is 0.353. The number of amides is 1. The molecule has 0 saturated carbocycles. The minimum atomic E-state index is -0.00164. The van der Waals surface area contributed by atoms with E-state index in [2.05, 4.69) is 21.2 Å². The number of benzene rings is 2. The molecule has 0 unspecified atom stereocenters. The van der Waals surface area contributed by atoms with Gasteiger partial charge in [-0.1, -0.05) is 46.3 Å². The molecule has 0 aromatic heterocycles. The summed E-state index contributed by atoms with van der Waals surface area (Å²) in [5, 5.41) is 2.89. The smallest absolute Gasteiger partial charge is 0.230 e. The molecular formula is C15H15BrN2OS. The van der Waals surface area contributed by atoms with E-state index in [0.717, 1.165) is 14.9 Å². The molecule has 104 valence electrons. The van der Waals surface area contributed by atoms with Gasteiger partial charge in [-0.25, -0.2) is 0 Å². The number of anilines is 1. The SMILES string of the molecule is Nc1ccc(Br)cc1SCC(=O)NCc1ccccc1. The van der Waals surface area contributed by atoms with Gasteiger partial charge < -0.3 is 11.1 Å². The van der Waals surface area contributed by atoms with Crippen molar-refractivity contribution in [2.45, 2.75) is 11.4 Å². The second-order valence-corrected chi connectivity index (χ2v) is 6.17. The van der Waals surface area contributed by atoms with Crippen LogP contribution in [0.4, 0.5) is 5.69 Å². The molecule has 20 heavy (non-hydrogen) atoms. The normalized spacial score (nSPS) is 10.2. The Labute approximate surface area is 131 Å². The molecule has 0 heterocycles. The van der Waals surface area contributed by atoms with E-state index in [1.165, 1.54) is 11.8 Å². The topological polar surface area (TPSA) is 55.1 Å². The second-order valence-electron chi connectivity index (χ2n) is 4.23. The van der Waals surface area contributed by atoms with Crippen molar-refractivity contribution in [2.75, 3.05) is 11.5 Å². The predicted molar refractivity (Wildman–Crippen MR) is 87.6 cm³/mol. The Kier molecular flexibility index (Phi) is 5.49. The van der Waals surface area contributed by atoms with Crippen LogP contribution in [-0.2, 0) is 11.3 Å². The zero-order valence-corrected chi connectivity index (χ0v) is 13.2. The lowest BCUT2D eigenvalue weighted by Crippen LogP contribution is -2.24. The molecule has 0 aliphatic carbocycles. The first-order chi connectivity index (χ1) is 9.65. The molecule has 0 spiro atoms. The third-order valence-electron chi connectivity index (χ3n) is 2.67. The fraction of sp³-hybridized carbons (Fsp3) is 0.133. The lowest BCUT2D eigenvalue weighted by Gasteiger charge is -2.07. The van der Waals surface area contributed by atoms with Gasteiger partial charge in [-0.05, 0) is 23.8 Å². The average Bonchev–Trinajstić information content (AvgIpc) is 2.47. The summed E-state index contributed by atoms with van der Waals surface area (Å²) in [5.41, 5.74) is 7.65. The van der Waals surface area contributed by atoms with Crippen molar-refractivity contribution in [3.8, 4) is 0 Å². The number of carbonyl (C=O) groups is 1. The number of carbonyl (C=O) groups excluding carboxylic acids is 1. The van der Waals surface area contributed by atoms with Gasteiger partial charge in [-0.15, -0.1) is 11.8 Å². The largest absolute Gasteiger partial charge is 0.398 e. The Morgan fingerprint density at radius 3 is 2.70 bits per heavy atom. The molecule has 1 amide bonds. The number of nitrogens with one attached hydrogen (secondary N) is 1. The number of rotatable bonds is 5. The van der Waals surface area contributed by atoms with Crippen LogP contribution in [0.2, 0.25) is 0 Å². The summed E-state index contributed by atoms with van der Waals surface area (Å²) in [7, 11) is 0. The summed E-state index contributed by atoms with van der Waals surface area (Å²) in [6.45, 7) is 0.550. The van der Waals surface area contributed by atoms with Gasteiger partial charge in [0.15, 0.2) is 0 Å². The summed E-state index contributed by atoms with van der Waals surface area (Å²) in [4.78, 5) is 12.7. The molecule has 3 nitrogen and oxygen atoms in total. The van der Waals surface area contributed by atoms with E-state index in [1.807, 2.05) is 48.5 Å². The van der Waals surface area contributed by atoms with E-state index in [-0.39, 0.29) is 5.91 Å². The third kappa shape index (κ3) is 4.58. The molecule has 5 heteroatoms. The summed E-state index contributed by atoms with van der Waals surface area (Å²) >= 11 is 4.83. The average molecular weight is 351 g/mol. The maximum atomic E-state index is 11.8. The van der Waals surface area contributed by atoms with Crippen LogP contribution in [0.3, 0.4) is 0 Å². The standard InChI is InChI=1S/C15H15BrN2OS/c16-12-6-7-13(17)14(8-12)20-10-15(19)18-9-11-4-2-1-3-5-11/h1-8H,9-10,17H2,(H,18,19). The maximum Gasteiger partial charge on any atom is 0.230 e. The van der Waals surface area contributed by atoms with E-state index in [0.29, 0.717) is 18.0 Å². The first kappa shape index (κ1) is 14.9. The first-order valence-corrected chi connectivity index (χ1v) is 7.91. The van der Waals surface area contributed by atoms with Crippen LogP contribution in [-0.4, -0.2) is 11.7 Å². The van der Waals surface area contributed by atoms with Crippen molar-refractivity contribution >= 4 is 39.3 Å². The van der Waals surface area contributed by atoms with Crippen LogP contribution >= 0.6 is 27.7 Å². The fourth-order valence-corrected chi connectivity index (χ4v) is 2.97. The highest BCUT2D eigenvalue weighted by Crippen LogP contribution is 2.27. The van der Waals surface area contributed by atoms with Crippen LogP contribution < -0.4 is 11.1 Å². The minimum Gasteiger partial charge on any atom is -0.398 e. The maximum absolute atomic E-state index is 11.8. The quantitative estimate of drug-likeness (QED) is 0.641. The number of hydrogen-bond acceptors (Lipinski definition) is 3. The minimum absolute atomic E-state index is 0.00164. The van der Waals surface area contributed by atoms with Gasteiger partial charge in [0.25, 0.3) is 0 Å². The first-order valence-electron chi connectivity index (χ1n) is 6.13. The molecule has 0 aliphatic heterocycles. The van der Waals surface area contributed by atoms with Crippen LogP contribution in [0, 0.1) is 0 Å². The highest BCUT2D eigenvalue weighted by atomic mass is 79.9. The van der Waals surface area contributed by atoms with Crippen molar-refractivity contribution in [1.29, 1.82) is 0 Å². The van der Waals surface area contributed by atoms with Gasteiger partial charge in [-0.3, -0.25) is 4.79 Å². The van der Waals surface area contributed by atoms with Crippen molar-refractivity contribution in [3.05, 3.63) is 58.6 Å². The molecule has 0 saturated heterocycles. The molecule has 0 radical (unpaired) electrons. The number of hydrogen-bond donors (Lipinski definition) is 2. The monoisotopic (exact) mass is 350 g/mol. The summed E-state index contributed by atoms with van der Waals surface area (Å²) in [6.07, 6.45) is 0. The lowest BCUT2D eigenvalue weighted by molar-refractivity contribution is -0.118. The van der Waals surface area contributed by atoms with E-state index in [4.69, 9.17) is 5.73 Å². The zero-order valence-electron chi connectivity index (χ0n) is 10.8. The molecule has 0 aliphatic rings. The van der Waals surface area contributed by atoms with Crippen LogP contribution in [0.25, 0.3) is 0 Å². The summed E-state index contributed by atoms with van der Waals surface area (Å²) in [6, 6.07) is 15.5. The van der Waals surface area contributed by atoms with Crippen LogP contribution in [0.1, 0.15) is 5.56 Å². The molecule has 0 atom stereocenters. The molecule has 2 aromatic rings. The highest BCUT2D eigenvalue weighted by molar-refractivity contribution is 9.10. The summed E-state index contributed by atoms with van der Waals surface area (Å²) < 4.78 is 0.957. The molecular weight excluding hydrogens is 336 g/mol. The van der Waals surface area contributed by atoms with Gasteiger partial charge in [-0.2, -0.15) is 0 Å². The number of nitrogens with two attached hydrogens (primary N) is 1. The zero-order chi connectivity index (χ0) is 14.4.